The summed E-state index contributed by atoms with van der Waals surface area (Å²) in [6, 6.07) is 10.9. The van der Waals surface area contributed by atoms with E-state index >= 15 is 0 Å². The largest absolute Gasteiger partial charge is 0.482 e. The van der Waals surface area contributed by atoms with E-state index in [2.05, 4.69) is 26.2 Å². The molecule has 110 valence electrons. The summed E-state index contributed by atoms with van der Waals surface area (Å²) in [5.41, 5.74) is 7.84. The average molecular weight is 350 g/mol. The zero-order chi connectivity index (χ0) is 15.2. The zero-order valence-electron chi connectivity index (χ0n) is 11.6. The van der Waals surface area contributed by atoms with Gasteiger partial charge in [0.15, 0.2) is 6.61 Å². The first-order chi connectivity index (χ1) is 10.1. The number of aryl methyl sites for hydroxylation is 1. The first-order valence-electron chi connectivity index (χ1n) is 6.43. The molecule has 0 aliphatic carbocycles. The van der Waals surface area contributed by atoms with Gasteiger partial charge in [-0.25, -0.2) is 0 Å². The van der Waals surface area contributed by atoms with Crippen molar-refractivity contribution in [3.05, 3.63) is 52.3 Å². The van der Waals surface area contributed by atoms with Crippen molar-refractivity contribution in [2.24, 2.45) is 5.73 Å². The summed E-state index contributed by atoms with van der Waals surface area (Å²) in [6.45, 7) is 2.06. The van der Waals surface area contributed by atoms with Crippen LogP contribution in [-0.2, 0) is 11.3 Å². The average Bonchev–Trinajstić information content (AvgIpc) is 2.48. The summed E-state index contributed by atoms with van der Waals surface area (Å²) in [5.74, 6) is 0.301. The Balaban J connectivity index is 1.93. The summed E-state index contributed by atoms with van der Waals surface area (Å²) in [7, 11) is 0. The molecule has 1 amide bonds. The van der Waals surface area contributed by atoms with Crippen LogP contribution in [0, 0.1) is 6.92 Å². The Hall–Kier alpha value is -1.92. The van der Waals surface area contributed by atoms with E-state index in [1.807, 2.05) is 25.1 Å². The summed E-state index contributed by atoms with van der Waals surface area (Å²) in [4.78, 5) is 16.1. The number of nitrogens with zero attached hydrogens (tertiary/aromatic N) is 1. The van der Waals surface area contributed by atoms with Gasteiger partial charge in [0.2, 0.25) is 0 Å². The van der Waals surface area contributed by atoms with E-state index in [1.165, 1.54) is 0 Å². The number of halogens is 1. The number of ether oxygens (including phenoxy) is 1. The molecule has 0 saturated carbocycles. The van der Waals surface area contributed by atoms with Crippen molar-refractivity contribution >= 4 is 27.5 Å². The topological polar surface area (TPSA) is 77.2 Å². The van der Waals surface area contributed by atoms with Crippen LogP contribution >= 0.6 is 15.9 Å². The second-order valence-corrected chi connectivity index (χ2v) is 5.36. The first-order valence-corrected chi connectivity index (χ1v) is 7.22. The maximum atomic E-state index is 11.8. The molecule has 21 heavy (non-hydrogen) atoms. The van der Waals surface area contributed by atoms with Gasteiger partial charge < -0.3 is 15.8 Å². The second kappa shape index (κ2) is 7.19. The number of anilines is 1. The van der Waals surface area contributed by atoms with Gasteiger partial charge in [0.1, 0.15) is 5.75 Å². The van der Waals surface area contributed by atoms with E-state index < -0.39 is 0 Å². The fourth-order valence-electron chi connectivity index (χ4n) is 1.75. The van der Waals surface area contributed by atoms with E-state index in [1.54, 1.807) is 18.2 Å². The number of hydrogen-bond acceptors (Lipinski definition) is 4. The van der Waals surface area contributed by atoms with Gasteiger partial charge in [-0.1, -0.05) is 15.9 Å². The van der Waals surface area contributed by atoms with Crippen molar-refractivity contribution in [1.82, 2.24) is 4.98 Å². The normalized spacial score (nSPS) is 10.2. The molecule has 1 aromatic carbocycles. The standard InChI is InChI=1S/C15H16BrN3O2/c1-10-2-7-14(13(8-17)18-10)21-9-15(20)19-12-5-3-11(16)4-6-12/h2-7H,8-9,17H2,1H3,(H,19,20). The lowest BCUT2D eigenvalue weighted by Crippen LogP contribution is -2.21. The van der Waals surface area contributed by atoms with Crippen LogP contribution in [0.4, 0.5) is 5.69 Å². The molecule has 0 radical (unpaired) electrons. The molecule has 0 aliphatic rings. The minimum Gasteiger partial charge on any atom is -0.482 e. The maximum Gasteiger partial charge on any atom is 0.262 e. The fraction of sp³-hybridized carbons (Fsp3) is 0.200. The number of rotatable bonds is 5. The number of aromatic nitrogens is 1. The molecule has 1 aromatic heterocycles. The van der Waals surface area contributed by atoms with Crippen molar-refractivity contribution in [3.8, 4) is 5.75 Å². The molecule has 2 rings (SSSR count). The molecule has 6 heteroatoms. The number of amides is 1. The molecule has 3 N–H and O–H groups in total. The molecular weight excluding hydrogens is 334 g/mol. The van der Waals surface area contributed by atoms with Crippen molar-refractivity contribution < 1.29 is 9.53 Å². The minimum atomic E-state index is -0.235. The molecule has 0 aliphatic heterocycles. The van der Waals surface area contributed by atoms with Gasteiger partial charge in [-0.05, 0) is 43.3 Å². The highest BCUT2D eigenvalue weighted by molar-refractivity contribution is 9.10. The monoisotopic (exact) mass is 349 g/mol. The van der Waals surface area contributed by atoms with Crippen molar-refractivity contribution in [2.75, 3.05) is 11.9 Å². The number of pyridine rings is 1. The van der Waals surface area contributed by atoms with E-state index in [4.69, 9.17) is 10.5 Å². The Morgan fingerprint density at radius 1 is 1.29 bits per heavy atom. The lowest BCUT2D eigenvalue weighted by molar-refractivity contribution is -0.118. The lowest BCUT2D eigenvalue weighted by atomic mass is 10.3. The smallest absolute Gasteiger partial charge is 0.262 e. The number of carbonyl (C=O) groups excluding carboxylic acids is 1. The lowest BCUT2D eigenvalue weighted by Gasteiger charge is -2.10. The zero-order valence-corrected chi connectivity index (χ0v) is 13.2. The second-order valence-electron chi connectivity index (χ2n) is 4.45. The molecule has 5 nitrogen and oxygen atoms in total. The number of nitrogens with two attached hydrogens (primary N) is 1. The SMILES string of the molecule is Cc1ccc(OCC(=O)Nc2ccc(Br)cc2)c(CN)n1. The molecule has 0 fully saturated rings. The quantitative estimate of drug-likeness (QED) is 0.869. The molecule has 0 bridgehead atoms. The number of hydrogen-bond donors (Lipinski definition) is 2. The molecular formula is C15H16BrN3O2. The van der Waals surface area contributed by atoms with Crippen LogP contribution in [0.2, 0.25) is 0 Å². The summed E-state index contributed by atoms with van der Waals surface area (Å²) >= 11 is 3.34. The first kappa shape index (κ1) is 15.5. The third kappa shape index (κ3) is 4.54. The van der Waals surface area contributed by atoms with Gasteiger partial charge >= 0.3 is 0 Å². The Morgan fingerprint density at radius 3 is 2.67 bits per heavy atom. The number of carbonyl (C=O) groups is 1. The highest BCUT2D eigenvalue weighted by Crippen LogP contribution is 2.17. The Bertz CT molecular complexity index is 629. The van der Waals surface area contributed by atoms with Gasteiger partial charge in [-0.3, -0.25) is 9.78 Å². The van der Waals surface area contributed by atoms with Crippen LogP contribution in [-0.4, -0.2) is 17.5 Å². The van der Waals surface area contributed by atoms with Crippen LogP contribution in [0.25, 0.3) is 0 Å². The fourth-order valence-corrected chi connectivity index (χ4v) is 2.01. The third-order valence-corrected chi connectivity index (χ3v) is 3.28. The molecule has 1 heterocycles. The summed E-state index contributed by atoms with van der Waals surface area (Å²) in [6.07, 6.45) is 0. The Kier molecular flexibility index (Phi) is 5.30. The van der Waals surface area contributed by atoms with Crippen molar-refractivity contribution in [3.63, 3.8) is 0 Å². The molecule has 0 atom stereocenters. The number of nitrogens with one attached hydrogen (secondary N) is 1. The van der Waals surface area contributed by atoms with Crippen LogP contribution in [0.3, 0.4) is 0 Å². The predicted octanol–water partition coefficient (Wildman–Crippen LogP) is 2.63. The van der Waals surface area contributed by atoms with E-state index in [9.17, 15) is 4.79 Å². The van der Waals surface area contributed by atoms with Crippen LogP contribution in [0.15, 0.2) is 40.9 Å². The Morgan fingerprint density at radius 2 is 2.00 bits per heavy atom. The van der Waals surface area contributed by atoms with Gasteiger partial charge in [-0.15, -0.1) is 0 Å². The third-order valence-electron chi connectivity index (χ3n) is 2.75. The molecule has 0 spiro atoms. The molecule has 2 aromatic rings. The van der Waals surface area contributed by atoms with Gasteiger partial charge in [0.05, 0.1) is 5.69 Å². The van der Waals surface area contributed by atoms with Crippen molar-refractivity contribution in [1.29, 1.82) is 0 Å². The van der Waals surface area contributed by atoms with Gasteiger partial charge in [0, 0.05) is 22.4 Å². The van der Waals surface area contributed by atoms with Crippen LogP contribution < -0.4 is 15.8 Å². The summed E-state index contributed by atoms with van der Waals surface area (Å²) < 4.78 is 6.43. The molecule has 0 saturated heterocycles. The van der Waals surface area contributed by atoms with Gasteiger partial charge in [-0.2, -0.15) is 0 Å². The summed E-state index contributed by atoms with van der Waals surface area (Å²) in [5, 5.41) is 2.75. The van der Waals surface area contributed by atoms with E-state index in [0.717, 1.165) is 10.2 Å². The Labute approximate surface area is 131 Å². The van der Waals surface area contributed by atoms with Crippen LogP contribution in [0.5, 0.6) is 5.75 Å². The predicted molar refractivity (Wildman–Crippen MR) is 85.1 cm³/mol. The maximum absolute atomic E-state index is 11.8. The number of benzene rings is 1. The highest BCUT2D eigenvalue weighted by Gasteiger charge is 2.08. The van der Waals surface area contributed by atoms with Crippen LogP contribution in [0.1, 0.15) is 11.4 Å². The van der Waals surface area contributed by atoms with Gasteiger partial charge in [0.25, 0.3) is 5.91 Å². The minimum absolute atomic E-state index is 0.0895. The van der Waals surface area contributed by atoms with E-state index in [0.29, 0.717) is 17.1 Å². The highest BCUT2D eigenvalue weighted by atomic mass is 79.9. The van der Waals surface area contributed by atoms with E-state index in [-0.39, 0.29) is 19.1 Å². The van der Waals surface area contributed by atoms with Crippen molar-refractivity contribution in [2.45, 2.75) is 13.5 Å². The molecule has 0 unspecified atom stereocenters.